The lowest BCUT2D eigenvalue weighted by molar-refractivity contribution is 0.101. The number of fused-ring (bicyclic) bond motifs is 1. The highest BCUT2D eigenvalue weighted by Gasteiger charge is 2.43. The number of anilines is 1. The van der Waals surface area contributed by atoms with Gasteiger partial charge >= 0.3 is 6.03 Å². The minimum absolute atomic E-state index is 0.0700. The monoisotopic (exact) mass is 449 g/mol. The Balaban J connectivity index is 1.17. The number of carbonyl (C=O) groups is 2. The van der Waals surface area contributed by atoms with Crippen molar-refractivity contribution in [1.82, 2.24) is 19.6 Å². The maximum Gasteiger partial charge on any atom is 0.344 e. The summed E-state index contributed by atoms with van der Waals surface area (Å²) in [7, 11) is 2.25. The molecule has 3 heterocycles. The van der Waals surface area contributed by atoms with Gasteiger partial charge in [0.05, 0.1) is 11.8 Å². The molecule has 2 aliphatic heterocycles. The number of Topliss-reactive ketones (excluding diaryl/α,β-unsaturated/α-hetero) is 1. The topological polar surface area (TPSA) is 61.7 Å². The average molecular weight is 450 g/mol. The predicted octanol–water partition coefficient (Wildman–Crippen LogP) is 3.80. The average Bonchev–Trinajstić information content (AvgIpc) is 3.57. The highest BCUT2D eigenvalue weighted by molar-refractivity contribution is 5.94. The van der Waals surface area contributed by atoms with Crippen molar-refractivity contribution in [3.8, 4) is 0 Å². The third-order valence-corrected chi connectivity index (χ3v) is 7.96. The van der Waals surface area contributed by atoms with E-state index >= 15 is 0 Å². The molecule has 3 fully saturated rings. The number of carbonyl (C=O) groups excluding carboxylic acids is 2. The van der Waals surface area contributed by atoms with Gasteiger partial charge in [-0.2, -0.15) is 9.78 Å². The summed E-state index contributed by atoms with van der Waals surface area (Å²) in [5.41, 5.74) is 4.64. The summed E-state index contributed by atoms with van der Waals surface area (Å²) in [5.74, 6) is 1.02. The van der Waals surface area contributed by atoms with Crippen LogP contribution in [0.3, 0.4) is 0 Å². The summed E-state index contributed by atoms with van der Waals surface area (Å²) in [5, 5.41) is 4.10. The molecule has 1 saturated carbocycles. The van der Waals surface area contributed by atoms with Gasteiger partial charge in [-0.1, -0.05) is 12.1 Å². The summed E-state index contributed by atoms with van der Waals surface area (Å²) in [4.78, 5) is 31.3. The first-order valence-corrected chi connectivity index (χ1v) is 12.3. The first kappa shape index (κ1) is 22.1. The Kier molecular flexibility index (Phi) is 5.99. The van der Waals surface area contributed by atoms with Crippen LogP contribution in [0.15, 0.2) is 30.6 Å². The van der Waals surface area contributed by atoms with Gasteiger partial charge < -0.3 is 9.80 Å². The summed E-state index contributed by atoms with van der Waals surface area (Å²) < 4.78 is 1.32. The van der Waals surface area contributed by atoms with E-state index in [1.54, 1.807) is 6.20 Å². The molecule has 5 rings (SSSR count). The Morgan fingerprint density at radius 2 is 1.82 bits per heavy atom. The molecule has 3 atom stereocenters. The first-order chi connectivity index (χ1) is 15.9. The minimum Gasteiger partial charge on any atom is -0.371 e. The van der Waals surface area contributed by atoms with Crippen LogP contribution in [0.1, 0.15) is 54.1 Å². The van der Waals surface area contributed by atoms with Gasteiger partial charge in [0, 0.05) is 50.6 Å². The fourth-order valence-electron chi connectivity index (χ4n) is 6.01. The maximum atomic E-state index is 12.8. The van der Waals surface area contributed by atoms with E-state index in [0.29, 0.717) is 23.4 Å². The van der Waals surface area contributed by atoms with Gasteiger partial charge in [0.1, 0.15) is 0 Å². The van der Waals surface area contributed by atoms with E-state index in [1.165, 1.54) is 60.5 Å². The molecule has 1 aliphatic carbocycles. The van der Waals surface area contributed by atoms with Gasteiger partial charge in [-0.05, 0) is 75.6 Å². The molecule has 1 unspecified atom stereocenters. The quantitative estimate of drug-likeness (QED) is 0.650. The van der Waals surface area contributed by atoms with Crippen molar-refractivity contribution in [3.05, 3.63) is 47.3 Å². The number of likely N-dealkylation sites (tertiary alicyclic amines) is 1. The minimum atomic E-state index is -0.115. The molecule has 0 radical (unpaired) electrons. The fourth-order valence-corrected chi connectivity index (χ4v) is 6.01. The third-order valence-electron chi connectivity index (χ3n) is 7.96. The molecule has 3 aliphatic rings. The van der Waals surface area contributed by atoms with Gasteiger partial charge in [-0.3, -0.25) is 9.69 Å². The van der Waals surface area contributed by atoms with E-state index in [0.717, 1.165) is 32.5 Å². The zero-order chi connectivity index (χ0) is 23.1. The van der Waals surface area contributed by atoms with E-state index in [-0.39, 0.29) is 11.8 Å². The van der Waals surface area contributed by atoms with Crippen LogP contribution >= 0.6 is 0 Å². The molecule has 7 heteroatoms. The second-order valence-electron chi connectivity index (χ2n) is 10.3. The number of hydrogen-bond donors (Lipinski definition) is 0. The van der Waals surface area contributed by atoms with Gasteiger partial charge in [-0.25, -0.2) is 4.79 Å². The number of amides is 1. The Labute approximate surface area is 196 Å². The SMILES string of the molecule is CC(=O)c1cnn(C(=O)N2C[C@H]3CC(N(C)Cc4ccc(C)c(N5CCCC5)c4)C[C@H]3C2)c1. The van der Waals surface area contributed by atoms with Crippen LogP contribution in [0.2, 0.25) is 0 Å². The largest absolute Gasteiger partial charge is 0.371 e. The summed E-state index contributed by atoms with van der Waals surface area (Å²) in [6.07, 6.45) is 7.88. The van der Waals surface area contributed by atoms with Crippen molar-refractivity contribution in [1.29, 1.82) is 0 Å². The summed E-state index contributed by atoms with van der Waals surface area (Å²) >= 11 is 0. The second-order valence-corrected chi connectivity index (χ2v) is 10.3. The molecule has 0 bridgehead atoms. The molecule has 1 aromatic carbocycles. The standard InChI is InChI=1S/C26H35N5O2/c1-18-6-7-20(10-25(18)29-8-4-5-9-29)14-28(3)24-11-21-15-30(16-22(21)12-24)26(33)31-17-23(13-27-31)19(2)32/h6-7,10,13,17,21-22,24H,4-5,8-9,11-12,14-16H2,1-3H3/t21-,22+,24?. The molecule has 0 N–H and O–H groups in total. The fraction of sp³-hybridized carbons (Fsp3) is 0.577. The second kappa shape index (κ2) is 8.93. The number of benzene rings is 1. The van der Waals surface area contributed by atoms with Gasteiger partial charge in [0.25, 0.3) is 0 Å². The van der Waals surface area contributed by atoms with Crippen LogP contribution in [0, 0.1) is 18.8 Å². The summed E-state index contributed by atoms with van der Waals surface area (Å²) in [6, 6.07) is 7.39. The Hall–Kier alpha value is -2.67. The third kappa shape index (κ3) is 4.43. The number of aromatic nitrogens is 2. The molecule has 1 amide bonds. The zero-order valence-electron chi connectivity index (χ0n) is 20.0. The van der Waals surface area contributed by atoms with Gasteiger partial charge in [0.2, 0.25) is 0 Å². The Morgan fingerprint density at radius 1 is 1.12 bits per heavy atom. The number of nitrogens with zero attached hydrogens (tertiary/aromatic N) is 5. The highest BCUT2D eigenvalue weighted by Crippen LogP contribution is 2.40. The molecule has 2 saturated heterocycles. The van der Waals surface area contributed by atoms with Crippen molar-refractivity contribution in [2.24, 2.45) is 11.8 Å². The van der Waals surface area contributed by atoms with E-state index < -0.39 is 0 Å². The number of aryl methyl sites for hydroxylation is 1. The van der Waals surface area contributed by atoms with Crippen molar-refractivity contribution in [2.75, 3.05) is 38.1 Å². The molecule has 33 heavy (non-hydrogen) atoms. The van der Waals surface area contributed by atoms with E-state index in [4.69, 9.17) is 0 Å². The van der Waals surface area contributed by atoms with Crippen molar-refractivity contribution >= 4 is 17.5 Å². The van der Waals surface area contributed by atoms with Crippen LogP contribution in [-0.2, 0) is 6.54 Å². The van der Waals surface area contributed by atoms with Crippen molar-refractivity contribution in [2.45, 2.75) is 52.1 Å². The van der Waals surface area contributed by atoms with Crippen molar-refractivity contribution in [3.63, 3.8) is 0 Å². The van der Waals surface area contributed by atoms with Crippen molar-refractivity contribution < 1.29 is 9.59 Å². The van der Waals surface area contributed by atoms with E-state index in [2.05, 4.69) is 47.1 Å². The summed E-state index contributed by atoms with van der Waals surface area (Å²) in [6.45, 7) is 8.60. The normalized spacial score (nSPS) is 24.7. The predicted molar refractivity (Wildman–Crippen MR) is 129 cm³/mol. The molecule has 0 spiro atoms. The maximum absolute atomic E-state index is 12.8. The molecular weight excluding hydrogens is 414 g/mol. The van der Waals surface area contributed by atoms with Gasteiger partial charge in [-0.15, -0.1) is 0 Å². The first-order valence-electron chi connectivity index (χ1n) is 12.3. The number of hydrogen-bond acceptors (Lipinski definition) is 5. The van der Waals surface area contributed by atoms with Crippen LogP contribution in [0.5, 0.6) is 0 Å². The van der Waals surface area contributed by atoms with Crippen LogP contribution in [0.25, 0.3) is 0 Å². The Morgan fingerprint density at radius 3 is 2.45 bits per heavy atom. The van der Waals surface area contributed by atoms with Crippen LogP contribution in [-0.4, -0.2) is 70.7 Å². The molecule has 2 aromatic rings. The lowest BCUT2D eigenvalue weighted by atomic mass is 10.0. The number of rotatable bonds is 5. The molecule has 176 valence electrons. The zero-order valence-corrected chi connectivity index (χ0v) is 20.0. The van der Waals surface area contributed by atoms with Gasteiger partial charge in [0.15, 0.2) is 5.78 Å². The molecule has 7 nitrogen and oxygen atoms in total. The van der Waals surface area contributed by atoms with Crippen LogP contribution < -0.4 is 4.90 Å². The van der Waals surface area contributed by atoms with E-state index in [1.807, 2.05) is 4.90 Å². The lowest BCUT2D eigenvalue weighted by Gasteiger charge is -2.27. The van der Waals surface area contributed by atoms with E-state index in [9.17, 15) is 9.59 Å². The number of ketones is 1. The van der Waals surface area contributed by atoms with Crippen LogP contribution in [0.4, 0.5) is 10.5 Å². The lowest BCUT2D eigenvalue weighted by Crippen LogP contribution is -2.36. The highest BCUT2D eigenvalue weighted by atomic mass is 16.2. The molecule has 1 aromatic heterocycles. The molecular formula is C26H35N5O2. The Bertz CT molecular complexity index is 1030. The smallest absolute Gasteiger partial charge is 0.344 e.